The number of rotatable bonds is 4. The standard InChI is InChI=1S/C23H17ClF3N5O/c24-16-9-17(12-28-11-16)30-20(33)13-2-4-14(5-3-13)22(6-1-7-22)21-31-18-8-15(23(25,26)27)10-29-19(18)32-21/h2-5,8-12H,1,6-7H2,(H,30,33)(H,29,31,32). The Bertz CT molecular complexity index is 1350. The van der Waals surface area contributed by atoms with Crippen LogP contribution in [0.25, 0.3) is 11.2 Å². The molecule has 1 amide bonds. The molecule has 4 aromatic rings. The molecular formula is C23H17ClF3N5O. The predicted octanol–water partition coefficient (Wildman–Crippen LogP) is 5.75. The third kappa shape index (κ3) is 3.93. The lowest BCUT2D eigenvalue weighted by atomic mass is 9.64. The molecule has 6 nitrogen and oxygen atoms in total. The Kier molecular flexibility index (Phi) is 5.08. The summed E-state index contributed by atoms with van der Waals surface area (Å²) in [5.74, 6) is 0.277. The van der Waals surface area contributed by atoms with Crippen LogP contribution in [0.3, 0.4) is 0 Å². The molecule has 3 aromatic heterocycles. The van der Waals surface area contributed by atoms with Crippen LogP contribution in [0, 0.1) is 0 Å². The Labute approximate surface area is 191 Å². The van der Waals surface area contributed by atoms with Crippen LogP contribution in [0.15, 0.2) is 55.0 Å². The first-order valence-electron chi connectivity index (χ1n) is 10.2. The fraction of sp³-hybridized carbons (Fsp3) is 0.217. The Morgan fingerprint density at radius 2 is 1.85 bits per heavy atom. The number of carbonyl (C=O) groups is 1. The molecule has 1 fully saturated rings. The van der Waals surface area contributed by atoms with Gasteiger partial charge in [0.05, 0.1) is 33.4 Å². The topological polar surface area (TPSA) is 83.6 Å². The number of imidazole rings is 1. The highest BCUT2D eigenvalue weighted by Crippen LogP contribution is 2.48. The van der Waals surface area contributed by atoms with Crippen molar-refractivity contribution in [2.45, 2.75) is 30.9 Å². The molecule has 10 heteroatoms. The molecule has 1 aliphatic rings. The number of pyridine rings is 2. The number of aromatic amines is 1. The van der Waals surface area contributed by atoms with Crippen LogP contribution in [-0.2, 0) is 11.6 Å². The molecule has 0 radical (unpaired) electrons. The summed E-state index contributed by atoms with van der Waals surface area (Å²) in [7, 11) is 0. The van der Waals surface area contributed by atoms with Gasteiger partial charge in [0.15, 0.2) is 5.65 Å². The lowest BCUT2D eigenvalue weighted by molar-refractivity contribution is -0.137. The summed E-state index contributed by atoms with van der Waals surface area (Å²) < 4.78 is 39.1. The number of hydrogen-bond acceptors (Lipinski definition) is 4. The SMILES string of the molecule is O=C(Nc1cncc(Cl)c1)c1ccc(C2(c3nc4ncc(C(F)(F)F)cc4[nH]3)CCC2)cc1. The van der Waals surface area contributed by atoms with Gasteiger partial charge in [0.2, 0.25) is 0 Å². The molecule has 0 unspecified atom stereocenters. The third-order valence-electron chi connectivity index (χ3n) is 5.99. The van der Waals surface area contributed by atoms with Crippen molar-refractivity contribution in [3.8, 4) is 0 Å². The van der Waals surface area contributed by atoms with E-state index in [1.807, 2.05) is 12.1 Å². The van der Waals surface area contributed by atoms with Gasteiger partial charge in [0, 0.05) is 18.0 Å². The van der Waals surface area contributed by atoms with Crippen LogP contribution in [0.1, 0.15) is 46.6 Å². The number of H-pyrrole nitrogens is 1. The first kappa shape index (κ1) is 21.4. The van der Waals surface area contributed by atoms with Crippen molar-refractivity contribution >= 4 is 34.4 Å². The van der Waals surface area contributed by atoms with Crippen LogP contribution >= 0.6 is 11.6 Å². The summed E-state index contributed by atoms with van der Waals surface area (Å²) in [6, 6.07) is 9.77. The minimum Gasteiger partial charge on any atom is -0.340 e. The van der Waals surface area contributed by atoms with Gasteiger partial charge in [0.25, 0.3) is 5.91 Å². The lowest BCUT2D eigenvalue weighted by Gasteiger charge is -2.40. The molecule has 0 bridgehead atoms. The molecule has 33 heavy (non-hydrogen) atoms. The average Bonchev–Trinajstić information content (AvgIpc) is 3.16. The minimum absolute atomic E-state index is 0.246. The molecule has 0 aliphatic heterocycles. The zero-order valence-electron chi connectivity index (χ0n) is 17.1. The normalized spacial score (nSPS) is 15.3. The molecule has 1 saturated carbocycles. The maximum atomic E-state index is 13.0. The van der Waals surface area contributed by atoms with Crippen molar-refractivity contribution in [2.24, 2.45) is 0 Å². The number of halogens is 4. The van der Waals surface area contributed by atoms with E-state index in [0.29, 0.717) is 22.1 Å². The maximum Gasteiger partial charge on any atom is 0.417 e. The van der Waals surface area contributed by atoms with Crippen LogP contribution < -0.4 is 5.32 Å². The highest BCUT2D eigenvalue weighted by molar-refractivity contribution is 6.30. The average molecular weight is 472 g/mol. The monoisotopic (exact) mass is 471 g/mol. The Balaban J connectivity index is 1.42. The van der Waals surface area contributed by atoms with Gasteiger partial charge >= 0.3 is 6.18 Å². The van der Waals surface area contributed by atoms with Gasteiger partial charge in [-0.25, -0.2) is 9.97 Å². The second-order valence-electron chi connectivity index (χ2n) is 8.04. The fourth-order valence-electron chi connectivity index (χ4n) is 4.10. The predicted molar refractivity (Wildman–Crippen MR) is 117 cm³/mol. The van der Waals surface area contributed by atoms with Gasteiger partial charge in [0.1, 0.15) is 5.82 Å². The van der Waals surface area contributed by atoms with Gasteiger partial charge in [-0.2, -0.15) is 13.2 Å². The van der Waals surface area contributed by atoms with E-state index in [1.165, 1.54) is 12.4 Å². The lowest BCUT2D eigenvalue weighted by Crippen LogP contribution is -2.36. The van der Waals surface area contributed by atoms with Crippen molar-refractivity contribution in [3.63, 3.8) is 0 Å². The largest absolute Gasteiger partial charge is 0.417 e. The van der Waals surface area contributed by atoms with Gasteiger partial charge in [-0.3, -0.25) is 9.78 Å². The van der Waals surface area contributed by atoms with E-state index in [2.05, 4.69) is 25.3 Å². The fourth-order valence-corrected chi connectivity index (χ4v) is 4.27. The third-order valence-corrected chi connectivity index (χ3v) is 6.19. The number of anilines is 1. The highest BCUT2D eigenvalue weighted by atomic mass is 35.5. The molecule has 2 N–H and O–H groups in total. The van der Waals surface area contributed by atoms with E-state index in [9.17, 15) is 18.0 Å². The molecule has 1 aliphatic carbocycles. The van der Waals surface area contributed by atoms with Crippen molar-refractivity contribution in [1.82, 2.24) is 19.9 Å². The second-order valence-corrected chi connectivity index (χ2v) is 8.47. The van der Waals surface area contributed by atoms with E-state index < -0.39 is 17.2 Å². The number of aromatic nitrogens is 4. The Morgan fingerprint density at radius 1 is 1.09 bits per heavy atom. The number of amides is 1. The van der Waals surface area contributed by atoms with Crippen molar-refractivity contribution in [1.29, 1.82) is 0 Å². The van der Waals surface area contributed by atoms with Crippen LogP contribution in [0.4, 0.5) is 18.9 Å². The van der Waals surface area contributed by atoms with Crippen LogP contribution in [-0.4, -0.2) is 25.8 Å². The van der Waals surface area contributed by atoms with Crippen LogP contribution in [0.2, 0.25) is 5.02 Å². The van der Waals surface area contributed by atoms with Gasteiger partial charge < -0.3 is 10.3 Å². The maximum absolute atomic E-state index is 13.0. The quantitative estimate of drug-likeness (QED) is 0.397. The zero-order chi connectivity index (χ0) is 23.2. The molecule has 168 valence electrons. The zero-order valence-corrected chi connectivity index (χ0v) is 17.8. The summed E-state index contributed by atoms with van der Waals surface area (Å²) in [6.45, 7) is 0. The van der Waals surface area contributed by atoms with E-state index in [4.69, 9.17) is 11.6 Å². The number of nitrogens with zero attached hydrogens (tertiary/aromatic N) is 3. The minimum atomic E-state index is -4.47. The van der Waals surface area contributed by atoms with E-state index in [-0.39, 0.29) is 17.1 Å². The first-order valence-corrected chi connectivity index (χ1v) is 10.6. The molecule has 1 aromatic carbocycles. The molecule has 0 saturated heterocycles. The number of alkyl halides is 3. The van der Waals surface area contributed by atoms with E-state index >= 15 is 0 Å². The summed E-state index contributed by atoms with van der Waals surface area (Å²) in [5, 5.41) is 3.16. The summed E-state index contributed by atoms with van der Waals surface area (Å²) >= 11 is 5.90. The highest BCUT2D eigenvalue weighted by Gasteiger charge is 2.43. The summed E-state index contributed by atoms with van der Waals surface area (Å²) in [4.78, 5) is 27.9. The number of fused-ring (bicyclic) bond motifs is 1. The molecular weight excluding hydrogens is 455 g/mol. The first-order chi connectivity index (χ1) is 15.7. The van der Waals surface area contributed by atoms with Gasteiger partial charge in [-0.1, -0.05) is 30.2 Å². The van der Waals surface area contributed by atoms with Crippen molar-refractivity contribution in [3.05, 3.63) is 82.5 Å². The summed E-state index contributed by atoms with van der Waals surface area (Å²) in [5.41, 5.74) is 1.09. The number of carbonyl (C=O) groups excluding carboxylic acids is 1. The van der Waals surface area contributed by atoms with Gasteiger partial charge in [-0.15, -0.1) is 0 Å². The van der Waals surface area contributed by atoms with Crippen molar-refractivity contribution < 1.29 is 18.0 Å². The smallest absolute Gasteiger partial charge is 0.340 e. The second kappa shape index (κ2) is 7.84. The van der Waals surface area contributed by atoms with Gasteiger partial charge in [-0.05, 0) is 42.7 Å². The van der Waals surface area contributed by atoms with Crippen molar-refractivity contribution in [2.75, 3.05) is 5.32 Å². The van der Waals surface area contributed by atoms with E-state index in [1.54, 1.807) is 18.2 Å². The number of hydrogen-bond donors (Lipinski definition) is 2. The summed E-state index contributed by atoms with van der Waals surface area (Å²) in [6.07, 6.45) is 1.84. The molecule has 3 heterocycles. The van der Waals surface area contributed by atoms with Crippen LogP contribution in [0.5, 0.6) is 0 Å². The molecule has 0 atom stereocenters. The Morgan fingerprint density at radius 3 is 2.48 bits per heavy atom. The molecule has 0 spiro atoms. The van der Waals surface area contributed by atoms with E-state index in [0.717, 1.165) is 37.1 Å². The number of benzene rings is 1. The number of nitrogens with one attached hydrogen (secondary N) is 2. The Hall–Kier alpha value is -3.46. The molecule has 5 rings (SSSR count).